The summed E-state index contributed by atoms with van der Waals surface area (Å²) in [6.45, 7) is 13.3. The number of nitrogens with zero attached hydrogens (tertiary/aromatic N) is 7. The van der Waals surface area contributed by atoms with Crippen LogP contribution in [0.15, 0.2) is 152 Å². The second-order valence-electron chi connectivity index (χ2n) is 17.2. The van der Waals surface area contributed by atoms with Crippen LogP contribution in [0.2, 0.25) is 0 Å². The molecule has 10 aromatic rings. The predicted molar refractivity (Wildman–Crippen MR) is 240 cm³/mol. The van der Waals surface area contributed by atoms with E-state index in [9.17, 15) is 0 Å². The minimum atomic E-state index is -0.0342. The lowest BCUT2D eigenvalue weighted by Crippen LogP contribution is -2.12. The number of pyridine rings is 2. The molecule has 0 saturated carbocycles. The van der Waals surface area contributed by atoms with Gasteiger partial charge in [-0.2, -0.15) is 0 Å². The van der Waals surface area contributed by atoms with Crippen molar-refractivity contribution in [3.05, 3.63) is 164 Å². The SMILES string of the molecule is CC(C)(C)c1ccnc(-n2c3ccccc3c3ccc(Oc4cc(Oc5ccc6c7ccccc7n(-c7cc(C(C)(C)C)ccn7)c6c5)cc(-c5ncncn5)c4)cc32)c1. The molecule has 0 bridgehead atoms. The normalized spacial score (nSPS) is 12.2. The standard InChI is InChI=1S/C51H43N7O2/c1-50(2,3)33-19-21-53-47(25-33)57-43-13-9-7-11-39(43)41-17-15-35(28-45(41)57)59-37-23-32(49-55-30-52-31-56-49)24-38(27-37)60-36-16-18-42-40-12-8-10-14-44(40)58(46(42)29-36)48-26-34(20-22-54-48)51(4,5)6/h7-31H,1-6H3. The highest BCUT2D eigenvalue weighted by Gasteiger charge is 2.21. The van der Waals surface area contributed by atoms with Crippen molar-refractivity contribution in [2.75, 3.05) is 0 Å². The van der Waals surface area contributed by atoms with Gasteiger partial charge in [0.2, 0.25) is 0 Å². The molecule has 0 atom stereocenters. The van der Waals surface area contributed by atoms with Gasteiger partial charge in [-0.3, -0.25) is 9.13 Å². The highest BCUT2D eigenvalue weighted by atomic mass is 16.5. The smallest absolute Gasteiger partial charge is 0.162 e. The summed E-state index contributed by atoms with van der Waals surface area (Å²) in [6, 6.07) is 43.5. The molecule has 0 spiro atoms. The van der Waals surface area contributed by atoms with Crippen LogP contribution in [0.5, 0.6) is 23.0 Å². The monoisotopic (exact) mass is 785 g/mol. The van der Waals surface area contributed by atoms with Crippen LogP contribution in [0.25, 0.3) is 66.6 Å². The molecule has 0 amide bonds. The van der Waals surface area contributed by atoms with Gasteiger partial charge in [0.05, 0.1) is 22.1 Å². The number of rotatable bonds is 7. The lowest BCUT2D eigenvalue weighted by atomic mass is 9.88. The molecule has 10 rings (SSSR count). The Morgan fingerprint density at radius 2 is 0.867 bits per heavy atom. The van der Waals surface area contributed by atoms with Gasteiger partial charge < -0.3 is 9.47 Å². The molecule has 0 aliphatic carbocycles. The van der Waals surface area contributed by atoms with Crippen molar-refractivity contribution in [1.29, 1.82) is 0 Å². The number of para-hydroxylation sites is 2. The van der Waals surface area contributed by atoms with Crippen LogP contribution >= 0.6 is 0 Å². The Morgan fingerprint density at radius 3 is 1.33 bits per heavy atom. The van der Waals surface area contributed by atoms with Crippen LogP contribution in [-0.4, -0.2) is 34.1 Å². The summed E-state index contributed by atoms with van der Waals surface area (Å²) in [7, 11) is 0. The quantitative estimate of drug-likeness (QED) is 0.159. The fourth-order valence-corrected chi connectivity index (χ4v) is 8.01. The van der Waals surface area contributed by atoms with Crippen molar-refractivity contribution in [2.45, 2.75) is 52.4 Å². The lowest BCUT2D eigenvalue weighted by molar-refractivity contribution is 0.461. The number of hydrogen-bond donors (Lipinski definition) is 0. The second-order valence-corrected chi connectivity index (χ2v) is 17.2. The first-order valence-corrected chi connectivity index (χ1v) is 20.1. The molecule has 0 radical (unpaired) electrons. The van der Waals surface area contributed by atoms with Crippen LogP contribution in [-0.2, 0) is 10.8 Å². The molecule has 0 saturated heterocycles. The summed E-state index contributed by atoms with van der Waals surface area (Å²) < 4.78 is 17.9. The van der Waals surface area contributed by atoms with E-state index in [4.69, 9.17) is 19.4 Å². The van der Waals surface area contributed by atoms with Crippen molar-refractivity contribution >= 4 is 43.6 Å². The van der Waals surface area contributed by atoms with Gasteiger partial charge in [0.1, 0.15) is 47.3 Å². The van der Waals surface area contributed by atoms with Gasteiger partial charge in [0, 0.05) is 57.7 Å². The van der Waals surface area contributed by atoms with Crippen LogP contribution in [0.3, 0.4) is 0 Å². The van der Waals surface area contributed by atoms with Gasteiger partial charge in [0.25, 0.3) is 0 Å². The van der Waals surface area contributed by atoms with Crippen molar-refractivity contribution in [1.82, 2.24) is 34.1 Å². The number of aromatic nitrogens is 7. The Morgan fingerprint density at radius 1 is 0.417 bits per heavy atom. The highest BCUT2D eigenvalue weighted by molar-refractivity contribution is 6.10. The third kappa shape index (κ3) is 6.67. The van der Waals surface area contributed by atoms with E-state index in [1.807, 2.05) is 42.7 Å². The van der Waals surface area contributed by atoms with Gasteiger partial charge in [-0.25, -0.2) is 24.9 Å². The molecule has 5 aromatic heterocycles. The van der Waals surface area contributed by atoms with Crippen LogP contribution in [0, 0.1) is 0 Å². The zero-order valence-corrected chi connectivity index (χ0v) is 34.4. The molecule has 0 N–H and O–H groups in total. The van der Waals surface area contributed by atoms with Crippen molar-refractivity contribution in [3.63, 3.8) is 0 Å². The average Bonchev–Trinajstić information content (AvgIpc) is 3.75. The number of ether oxygens (including phenoxy) is 2. The number of fused-ring (bicyclic) bond motifs is 6. The zero-order valence-electron chi connectivity index (χ0n) is 34.4. The highest BCUT2D eigenvalue weighted by Crippen LogP contribution is 2.40. The molecular weight excluding hydrogens is 743 g/mol. The van der Waals surface area contributed by atoms with Crippen LogP contribution in [0.1, 0.15) is 52.7 Å². The molecule has 5 heterocycles. The number of hydrogen-bond acceptors (Lipinski definition) is 7. The van der Waals surface area contributed by atoms with E-state index in [0.29, 0.717) is 28.8 Å². The van der Waals surface area contributed by atoms with Crippen molar-refractivity contribution < 1.29 is 9.47 Å². The van der Waals surface area contributed by atoms with Gasteiger partial charge in [-0.1, -0.05) is 77.9 Å². The first-order valence-electron chi connectivity index (χ1n) is 20.1. The average molecular weight is 786 g/mol. The van der Waals surface area contributed by atoms with Gasteiger partial charge in [-0.15, -0.1) is 0 Å². The van der Waals surface area contributed by atoms with Crippen molar-refractivity contribution in [3.8, 4) is 46.0 Å². The Bertz CT molecular complexity index is 3050. The summed E-state index contributed by atoms with van der Waals surface area (Å²) in [5.41, 5.74) is 7.20. The Kier molecular flexibility index (Phi) is 8.71. The van der Waals surface area contributed by atoms with E-state index in [2.05, 4.69) is 163 Å². The maximum atomic E-state index is 6.72. The third-order valence-electron chi connectivity index (χ3n) is 11.1. The molecule has 0 aliphatic rings. The second kappa shape index (κ2) is 14.2. The van der Waals surface area contributed by atoms with E-state index in [1.54, 1.807) is 0 Å². The summed E-state index contributed by atoms with van der Waals surface area (Å²) >= 11 is 0. The summed E-state index contributed by atoms with van der Waals surface area (Å²) in [6.07, 6.45) is 6.76. The van der Waals surface area contributed by atoms with Crippen LogP contribution < -0.4 is 9.47 Å². The van der Waals surface area contributed by atoms with Crippen LogP contribution in [0.4, 0.5) is 0 Å². The molecule has 9 heteroatoms. The van der Waals surface area contributed by atoms with Gasteiger partial charge in [0.15, 0.2) is 5.82 Å². The summed E-state index contributed by atoms with van der Waals surface area (Å²) in [5, 5.41) is 4.50. The fraction of sp³-hybridized carbons (Fsp3) is 0.157. The topological polar surface area (TPSA) is 92.8 Å². The summed E-state index contributed by atoms with van der Waals surface area (Å²) in [4.78, 5) is 22.7. The third-order valence-corrected chi connectivity index (χ3v) is 11.1. The molecule has 0 aliphatic heterocycles. The van der Waals surface area contributed by atoms with E-state index >= 15 is 0 Å². The van der Waals surface area contributed by atoms with Gasteiger partial charge in [-0.05, 0) is 94.8 Å². The molecule has 60 heavy (non-hydrogen) atoms. The first kappa shape index (κ1) is 36.9. The molecule has 0 fully saturated rings. The molecule has 0 unspecified atom stereocenters. The maximum absolute atomic E-state index is 6.72. The van der Waals surface area contributed by atoms with Gasteiger partial charge >= 0.3 is 0 Å². The molecular formula is C51H43N7O2. The minimum Gasteiger partial charge on any atom is -0.457 e. The van der Waals surface area contributed by atoms with E-state index in [0.717, 1.165) is 60.8 Å². The van der Waals surface area contributed by atoms with E-state index in [1.165, 1.54) is 23.8 Å². The Hall–Kier alpha value is -7.39. The first-order chi connectivity index (χ1) is 29.0. The minimum absolute atomic E-state index is 0.0342. The maximum Gasteiger partial charge on any atom is 0.162 e. The van der Waals surface area contributed by atoms with E-state index < -0.39 is 0 Å². The number of benzene rings is 5. The van der Waals surface area contributed by atoms with E-state index in [-0.39, 0.29) is 10.8 Å². The molecule has 9 nitrogen and oxygen atoms in total. The Labute approximate surface area is 348 Å². The molecule has 294 valence electrons. The lowest BCUT2D eigenvalue weighted by Gasteiger charge is -2.20. The van der Waals surface area contributed by atoms with Crippen molar-refractivity contribution in [2.24, 2.45) is 0 Å². The largest absolute Gasteiger partial charge is 0.457 e. The zero-order chi connectivity index (χ0) is 41.2. The molecule has 5 aromatic carbocycles. The predicted octanol–water partition coefficient (Wildman–Crippen LogP) is 12.7. The Balaban J connectivity index is 1.07. The summed E-state index contributed by atoms with van der Waals surface area (Å²) in [5.74, 6) is 4.66. The fourth-order valence-electron chi connectivity index (χ4n) is 8.01.